The molecule has 0 saturated heterocycles. The molecule has 1 aromatic heterocycles. The predicted octanol–water partition coefficient (Wildman–Crippen LogP) is 4.07. The average molecular weight is 445 g/mol. The van der Waals surface area contributed by atoms with Crippen LogP contribution in [0.15, 0.2) is 65.6 Å². The molecule has 0 unspecified atom stereocenters. The second-order valence-corrected chi connectivity index (χ2v) is 10.1. The van der Waals surface area contributed by atoms with Crippen LogP contribution in [-0.2, 0) is 10.0 Å². The number of hydrogen-bond donors (Lipinski definition) is 1. The van der Waals surface area contributed by atoms with Gasteiger partial charge in [-0.2, -0.15) is 0 Å². The van der Waals surface area contributed by atoms with E-state index in [9.17, 15) is 18.5 Å². The van der Waals surface area contributed by atoms with Gasteiger partial charge in [-0.15, -0.1) is 0 Å². The van der Waals surface area contributed by atoms with E-state index in [1.165, 1.54) is 18.2 Å². The van der Waals surface area contributed by atoms with Crippen LogP contribution in [-0.4, -0.2) is 27.8 Å². The molecule has 8 heteroatoms. The van der Waals surface area contributed by atoms with Crippen LogP contribution in [0.25, 0.3) is 19.3 Å². The fourth-order valence-electron chi connectivity index (χ4n) is 2.91. The molecular weight excluding hydrogens is 431 g/mol. The zero-order chi connectivity index (χ0) is 19.2. The zero-order valence-electron chi connectivity index (χ0n) is 14.2. The van der Waals surface area contributed by atoms with Crippen molar-refractivity contribution in [2.45, 2.75) is 11.8 Å². The molecule has 0 radical (unpaired) electrons. The number of nitrogens with zero attached hydrogens (tertiary/aromatic N) is 1. The molecule has 1 heterocycles. The van der Waals surface area contributed by atoms with Gasteiger partial charge in [0.2, 0.25) is 0 Å². The van der Waals surface area contributed by atoms with Crippen LogP contribution in [0.2, 0.25) is 0 Å². The van der Waals surface area contributed by atoms with Crippen LogP contribution in [0.3, 0.4) is 0 Å². The number of benzene rings is 3. The molecule has 0 aliphatic heterocycles. The first-order valence-electron chi connectivity index (χ1n) is 8.04. The average Bonchev–Trinajstić information content (AvgIpc) is 2.98. The number of nitro benzene ring substituents is 1. The summed E-state index contributed by atoms with van der Waals surface area (Å²) in [7, 11) is -3.93. The van der Waals surface area contributed by atoms with Crippen molar-refractivity contribution < 1.29 is 13.3 Å². The van der Waals surface area contributed by atoms with Gasteiger partial charge in [-0.3, -0.25) is 0 Å². The van der Waals surface area contributed by atoms with Crippen molar-refractivity contribution in [2.24, 2.45) is 0 Å². The van der Waals surface area contributed by atoms with E-state index in [1.54, 1.807) is 18.2 Å². The number of aryl methyl sites for hydroxylation is 1. The van der Waals surface area contributed by atoms with Gasteiger partial charge in [0.25, 0.3) is 0 Å². The molecule has 0 saturated carbocycles. The number of anilines is 1. The van der Waals surface area contributed by atoms with Crippen molar-refractivity contribution in [2.75, 3.05) is 4.72 Å². The van der Waals surface area contributed by atoms with Crippen molar-refractivity contribution in [3.05, 3.63) is 76.3 Å². The van der Waals surface area contributed by atoms with E-state index in [2.05, 4.69) is 4.72 Å². The Balaban J connectivity index is 1.88. The van der Waals surface area contributed by atoms with Crippen molar-refractivity contribution >= 4 is 55.2 Å². The SMILES string of the molecule is Cc1ccc(S(=O)(=O)Nc2cc3c(cc2[N+](=O)[O-])[se]c2ccccc23)cc1. The molecule has 0 atom stereocenters. The summed E-state index contributed by atoms with van der Waals surface area (Å²) in [6.45, 7) is 1.86. The Hall–Kier alpha value is -2.67. The van der Waals surface area contributed by atoms with Crippen LogP contribution >= 0.6 is 0 Å². The minimum absolute atomic E-state index is 0.0215. The summed E-state index contributed by atoms with van der Waals surface area (Å²) in [6, 6.07) is 17.2. The standard InChI is InChI=1S/C19H14N2O4SSe/c1-12-6-8-13(9-7-12)26(24,25)20-16-10-15-14-4-2-3-5-18(14)27-19(15)11-17(16)21(22)23/h2-11,20H,1H3. The van der Waals surface area contributed by atoms with Crippen LogP contribution < -0.4 is 4.72 Å². The summed E-state index contributed by atoms with van der Waals surface area (Å²) in [4.78, 5) is 11.1. The van der Waals surface area contributed by atoms with Crippen molar-refractivity contribution in [1.29, 1.82) is 0 Å². The second-order valence-electron chi connectivity index (χ2n) is 6.14. The van der Waals surface area contributed by atoms with Crippen LogP contribution in [0.1, 0.15) is 5.56 Å². The first-order chi connectivity index (χ1) is 12.8. The fourth-order valence-corrected chi connectivity index (χ4v) is 6.33. The first-order valence-corrected chi connectivity index (χ1v) is 11.2. The van der Waals surface area contributed by atoms with Gasteiger partial charge in [0.05, 0.1) is 0 Å². The van der Waals surface area contributed by atoms with Gasteiger partial charge in [0.15, 0.2) is 0 Å². The van der Waals surface area contributed by atoms with Gasteiger partial charge >= 0.3 is 161 Å². The second kappa shape index (κ2) is 6.49. The molecule has 0 fully saturated rings. The summed E-state index contributed by atoms with van der Waals surface area (Å²) < 4.78 is 29.8. The maximum absolute atomic E-state index is 12.7. The van der Waals surface area contributed by atoms with Gasteiger partial charge in [-0.05, 0) is 0 Å². The van der Waals surface area contributed by atoms with E-state index in [0.29, 0.717) is 0 Å². The third-order valence-electron chi connectivity index (χ3n) is 4.27. The molecule has 0 bridgehead atoms. The molecule has 6 nitrogen and oxygen atoms in total. The molecule has 136 valence electrons. The van der Waals surface area contributed by atoms with E-state index < -0.39 is 14.9 Å². The molecular formula is C19H14N2O4SSe. The summed E-state index contributed by atoms with van der Waals surface area (Å²) in [5, 5.41) is 13.4. The Labute approximate surface area is 161 Å². The normalized spacial score (nSPS) is 11.7. The fraction of sp³-hybridized carbons (Fsp3) is 0.0526. The van der Waals surface area contributed by atoms with E-state index in [1.807, 2.05) is 31.2 Å². The first kappa shape index (κ1) is 17.7. The van der Waals surface area contributed by atoms with E-state index >= 15 is 0 Å². The predicted molar refractivity (Wildman–Crippen MR) is 107 cm³/mol. The molecule has 0 aliphatic carbocycles. The number of rotatable bonds is 4. The molecule has 3 aromatic carbocycles. The number of nitro groups is 1. The third-order valence-corrected chi connectivity index (χ3v) is 8.03. The van der Waals surface area contributed by atoms with E-state index in [4.69, 9.17) is 0 Å². The molecule has 4 rings (SSSR count). The number of sulfonamides is 1. The number of nitrogens with one attached hydrogen (secondary N) is 1. The summed E-state index contributed by atoms with van der Waals surface area (Å²) in [5.74, 6) is 0. The van der Waals surface area contributed by atoms with E-state index in [-0.39, 0.29) is 30.8 Å². The van der Waals surface area contributed by atoms with Crippen molar-refractivity contribution in [3.63, 3.8) is 0 Å². The molecule has 27 heavy (non-hydrogen) atoms. The summed E-state index contributed by atoms with van der Waals surface area (Å²) in [5.41, 5.74) is 0.669. The Morgan fingerprint density at radius 2 is 1.67 bits per heavy atom. The molecule has 0 amide bonds. The molecule has 4 aromatic rings. The quantitative estimate of drug-likeness (QED) is 0.291. The van der Waals surface area contributed by atoms with Gasteiger partial charge in [0.1, 0.15) is 0 Å². The number of fused-ring (bicyclic) bond motifs is 3. The summed E-state index contributed by atoms with van der Waals surface area (Å²) in [6.07, 6.45) is 0. The Kier molecular flexibility index (Phi) is 4.26. The number of hydrogen-bond acceptors (Lipinski definition) is 4. The minimum atomic E-state index is -3.93. The van der Waals surface area contributed by atoms with Crippen LogP contribution in [0, 0.1) is 17.0 Å². The molecule has 0 spiro atoms. The monoisotopic (exact) mass is 446 g/mol. The topological polar surface area (TPSA) is 89.3 Å². The Morgan fingerprint density at radius 3 is 2.37 bits per heavy atom. The van der Waals surface area contributed by atoms with Gasteiger partial charge in [-0.25, -0.2) is 0 Å². The van der Waals surface area contributed by atoms with Crippen LogP contribution in [0.5, 0.6) is 0 Å². The summed E-state index contributed by atoms with van der Waals surface area (Å²) >= 11 is -0.0367. The molecule has 1 N–H and O–H groups in total. The van der Waals surface area contributed by atoms with Gasteiger partial charge in [-0.1, -0.05) is 0 Å². The van der Waals surface area contributed by atoms with Crippen molar-refractivity contribution in [1.82, 2.24) is 0 Å². The third kappa shape index (κ3) is 3.23. The zero-order valence-corrected chi connectivity index (χ0v) is 16.7. The van der Waals surface area contributed by atoms with Crippen LogP contribution in [0.4, 0.5) is 11.4 Å². The molecule has 0 aliphatic rings. The van der Waals surface area contributed by atoms with Crippen molar-refractivity contribution in [3.8, 4) is 0 Å². The Morgan fingerprint density at radius 1 is 0.963 bits per heavy atom. The van der Waals surface area contributed by atoms with E-state index in [0.717, 1.165) is 24.9 Å². The Bertz CT molecular complexity index is 1290. The van der Waals surface area contributed by atoms with Gasteiger partial charge in [0, 0.05) is 0 Å². The maximum atomic E-state index is 12.7. The van der Waals surface area contributed by atoms with Gasteiger partial charge < -0.3 is 0 Å².